The average Bonchev–Trinajstić information content (AvgIpc) is 2.15. The summed E-state index contributed by atoms with van der Waals surface area (Å²) in [6.45, 7) is 4.11. The van der Waals surface area contributed by atoms with Crippen molar-refractivity contribution in [3.8, 4) is 0 Å². The predicted octanol–water partition coefficient (Wildman–Crippen LogP) is 1.66. The lowest BCUT2D eigenvalue weighted by atomic mass is 10.2. The zero-order valence-corrected chi connectivity index (χ0v) is 8.45. The molecule has 0 fully saturated rings. The molecule has 1 aromatic heterocycles. The van der Waals surface area contributed by atoms with Crippen LogP contribution in [-0.4, -0.2) is 10.8 Å². The van der Waals surface area contributed by atoms with Gasteiger partial charge in [-0.05, 0) is 31.6 Å². The van der Waals surface area contributed by atoms with Gasteiger partial charge in [0.1, 0.15) is 0 Å². The van der Waals surface area contributed by atoms with Gasteiger partial charge in [-0.1, -0.05) is 6.07 Å². The Hall–Kier alpha value is -1.64. The van der Waals surface area contributed by atoms with Gasteiger partial charge in [0, 0.05) is 24.6 Å². The molecule has 0 bridgehead atoms. The van der Waals surface area contributed by atoms with Gasteiger partial charge in [-0.25, -0.2) is 0 Å². The van der Waals surface area contributed by atoms with Gasteiger partial charge in [-0.15, -0.1) is 0 Å². The molecule has 0 saturated carbocycles. The van der Waals surface area contributed by atoms with E-state index in [0.29, 0.717) is 6.54 Å². The molecule has 0 amide bonds. The second kappa shape index (κ2) is 5.17. The first-order valence-electron chi connectivity index (χ1n) is 4.50. The van der Waals surface area contributed by atoms with Gasteiger partial charge in [0.05, 0.1) is 0 Å². The number of aromatic nitrogens is 1. The van der Waals surface area contributed by atoms with E-state index in [1.807, 2.05) is 19.1 Å². The summed E-state index contributed by atoms with van der Waals surface area (Å²) in [5.41, 5.74) is 1.98. The van der Waals surface area contributed by atoms with Crippen LogP contribution in [0.2, 0.25) is 0 Å². The third kappa shape index (κ3) is 3.85. The molecule has 0 radical (unpaired) electrons. The molecule has 3 nitrogen and oxygen atoms in total. The maximum atomic E-state index is 10.7. The van der Waals surface area contributed by atoms with Crippen LogP contribution in [0.5, 0.6) is 0 Å². The molecule has 0 aliphatic heterocycles. The molecular weight excluding hydrogens is 176 g/mol. The van der Waals surface area contributed by atoms with Gasteiger partial charge in [0.25, 0.3) is 0 Å². The van der Waals surface area contributed by atoms with Crippen LogP contribution in [0.15, 0.2) is 36.3 Å². The number of carbonyl (C=O) groups excluding carboxylic acids is 1. The van der Waals surface area contributed by atoms with E-state index in [2.05, 4.69) is 10.3 Å². The minimum Gasteiger partial charge on any atom is -0.384 e. The summed E-state index contributed by atoms with van der Waals surface area (Å²) in [5, 5.41) is 3.13. The van der Waals surface area contributed by atoms with Crippen molar-refractivity contribution in [1.82, 2.24) is 10.3 Å². The van der Waals surface area contributed by atoms with E-state index in [1.54, 1.807) is 18.5 Å². The number of ketones is 1. The first-order valence-corrected chi connectivity index (χ1v) is 4.50. The fraction of sp³-hybridized carbons (Fsp3) is 0.273. The van der Waals surface area contributed by atoms with E-state index in [-0.39, 0.29) is 5.78 Å². The van der Waals surface area contributed by atoms with Crippen molar-refractivity contribution >= 4 is 5.78 Å². The van der Waals surface area contributed by atoms with E-state index in [9.17, 15) is 4.79 Å². The monoisotopic (exact) mass is 190 g/mol. The van der Waals surface area contributed by atoms with Gasteiger partial charge < -0.3 is 5.32 Å². The molecule has 1 aromatic rings. The molecule has 3 heteroatoms. The standard InChI is InChI=1S/C11H14N2O/c1-9(6-10(2)14)13-8-11-4-3-5-12-7-11/h3-7,13H,8H2,1-2H3. The molecule has 0 aliphatic carbocycles. The summed E-state index contributed by atoms with van der Waals surface area (Å²) in [7, 11) is 0. The second-order valence-corrected chi connectivity index (χ2v) is 3.15. The first-order chi connectivity index (χ1) is 6.68. The molecule has 74 valence electrons. The van der Waals surface area contributed by atoms with Crippen molar-refractivity contribution in [3.63, 3.8) is 0 Å². The SMILES string of the molecule is CC(=O)C=C(C)NCc1cccnc1. The molecule has 0 spiro atoms. The van der Waals surface area contributed by atoms with Gasteiger partial charge >= 0.3 is 0 Å². The van der Waals surface area contributed by atoms with Crippen LogP contribution in [0, 0.1) is 0 Å². The molecule has 1 rings (SSSR count). The quantitative estimate of drug-likeness (QED) is 0.734. The van der Waals surface area contributed by atoms with E-state index in [1.165, 1.54) is 6.92 Å². The highest BCUT2D eigenvalue weighted by atomic mass is 16.1. The van der Waals surface area contributed by atoms with Gasteiger partial charge in [0.15, 0.2) is 5.78 Å². The van der Waals surface area contributed by atoms with Crippen molar-refractivity contribution in [2.45, 2.75) is 20.4 Å². The zero-order chi connectivity index (χ0) is 10.4. The second-order valence-electron chi connectivity index (χ2n) is 3.15. The number of nitrogens with one attached hydrogen (secondary N) is 1. The number of pyridine rings is 1. The molecule has 0 aliphatic rings. The molecule has 0 aromatic carbocycles. The van der Waals surface area contributed by atoms with Crippen LogP contribution >= 0.6 is 0 Å². The predicted molar refractivity (Wildman–Crippen MR) is 55.5 cm³/mol. The number of carbonyl (C=O) groups is 1. The van der Waals surface area contributed by atoms with Crippen molar-refractivity contribution in [1.29, 1.82) is 0 Å². The average molecular weight is 190 g/mol. The normalized spacial score (nSPS) is 11.1. The summed E-state index contributed by atoms with van der Waals surface area (Å²) in [5.74, 6) is 0.0567. The lowest BCUT2D eigenvalue weighted by Crippen LogP contribution is -2.11. The third-order valence-electron chi connectivity index (χ3n) is 1.71. The number of allylic oxidation sites excluding steroid dienone is 2. The highest BCUT2D eigenvalue weighted by Gasteiger charge is 1.93. The Labute approximate surface area is 83.9 Å². The molecule has 0 saturated heterocycles. The van der Waals surface area contributed by atoms with Gasteiger partial charge in [-0.2, -0.15) is 0 Å². The lowest BCUT2D eigenvalue weighted by Gasteiger charge is -2.05. The van der Waals surface area contributed by atoms with Gasteiger partial charge in [0.2, 0.25) is 0 Å². The van der Waals surface area contributed by atoms with E-state index >= 15 is 0 Å². The van der Waals surface area contributed by atoms with Crippen LogP contribution in [0.4, 0.5) is 0 Å². The lowest BCUT2D eigenvalue weighted by molar-refractivity contribution is -0.112. The number of rotatable bonds is 4. The third-order valence-corrected chi connectivity index (χ3v) is 1.71. The Morgan fingerprint density at radius 2 is 2.36 bits per heavy atom. The summed E-state index contributed by atoms with van der Waals surface area (Å²) in [6, 6.07) is 3.88. The number of nitrogens with zero attached hydrogens (tertiary/aromatic N) is 1. The molecule has 0 unspecified atom stereocenters. The Morgan fingerprint density at radius 3 is 2.93 bits per heavy atom. The van der Waals surface area contributed by atoms with Crippen molar-refractivity contribution in [2.24, 2.45) is 0 Å². The smallest absolute Gasteiger partial charge is 0.154 e. The fourth-order valence-corrected chi connectivity index (χ4v) is 1.10. The Balaban J connectivity index is 2.45. The molecule has 0 atom stereocenters. The van der Waals surface area contributed by atoms with Crippen LogP contribution in [0.1, 0.15) is 19.4 Å². The van der Waals surface area contributed by atoms with E-state index in [0.717, 1.165) is 11.3 Å². The van der Waals surface area contributed by atoms with Gasteiger partial charge in [-0.3, -0.25) is 9.78 Å². The molecular formula is C11H14N2O. The van der Waals surface area contributed by atoms with Crippen LogP contribution in [-0.2, 0) is 11.3 Å². The first kappa shape index (κ1) is 10.4. The largest absolute Gasteiger partial charge is 0.384 e. The highest BCUT2D eigenvalue weighted by Crippen LogP contribution is 1.96. The Kier molecular flexibility index (Phi) is 3.85. The minimum atomic E-state index is 0.0567. The van der Waals surface area contributed by atoms with Crippen molar-refractivity contribution in [3.05, 3.63) is 41.9 Å². The van der Waals surface area contributed by atoms with Crippen molar-refractivity contribution in [2.75, 3.05) is 0 Å². The van der Waals surface area contributed by atoms with E-state index < -0.39 is 0 Å². The maximum absolute atomic E-state index is 10.7. The molecule has 14 heavy (non-hydrogen) atoms. The maximum Gasteiger partial charge on any atom is 0.154 e. The summed E-state index contributed by atoms with van der Waals surface area (Å²) in [6.07, 6.45) is 5.12. The van der Waals surface area contributed by atoms with Crippen LogP contribution in [0.25, 0.3) is 0 Å². The Bertz CT molecular complexity index is 330. The van der Waals surface area contributed by atoms with Crippen LogP contribution in [0.3, 0.4) is 0 Å². The van der Waals surface area contributed by atoms with Crippen molar-refractivity contribution < 1.29 is 4.79 Å². The number of hydrogen-bond donors (Lipinski definition) is 1. The highest BCUT2D eigenvalue weighted by molar-refractivity contribution is 5.87. The minimum absolute atomic E-state index is 0.0567. The summed E-state index contributed by atoms with van der Waals surface area (Å²) < 4.78 is 0. The van der Waals surface area contributed by atoms with Crippen LogP contribution < -0.4 is 5.32 Å². The summed E-state index contributed by atoms with van der Waals surface area (Å²) >= 11 is 0. The molecule has 1 N–H and O–H groups in total. The summed E-state index contributed by atoms with van der Waals surface area (Å²) in [4.78, 5) is 14.7. The topological polar surface area (TPSA) is 42.0 Å². The molecule has 1 heterocycles. The Morgan fingerprint density at radius 1 is 1.57 bits per heavy atom. The zero-order valence-electron chi connectivity index (χ0n) is 8.45. The van der Waals surface area contributed by atoms with E-state index in [4.69, 9.17) is 0 Å². The fourth-order valence-electron chi connectivity index (χ4n) is 1.10. The number of hydrogen-bond acceptors (Lipinski definition) is 3.